The molecule has 5 heteroatoms. The standard InChI is InChI=1S/C19H23NO4/c1-23-18(21)16-15-10-6-9-14(15)12-20(17(16)19(22)24-2)11-13-7-4-3-5-8-13/h3-5,7-8,14-15H,6,9-12H2,1-2H3/t14-,15-/m0/s1. The zero-order valence-electron chi connectivity index (χ0n) is 14.2. The molecule has 1 saturated carbocycles. The fourth-order valence-electron chi connectivity index (χ4n) is 4.00. The van der Waals surface area contributed by atoms with Crippen LogP contribution < -0.4 is 0 Å². The van der Waals surface area contributed by atoms with Gasteiger partial charge in [0, 0.05) is 13.1 Å². The van der Waals surface area contributed by atoms with Crippen LogP contribution in [0.1, 0.15) is 24.8 Å². The van der Waals surface area contributed by atoms with Crippen molar-refractivity contribution in [1.29, 1.82) is 0 Å². The van der Waals surface area contributed by atoms with E-state index in [-0.39, 0.29) is 5.92 Å². The van der Waals surface area contributed by atoms with Crippen molar-refractivity contribution in [2.45, 2.75) is 25.8 Å². The van der Waals surface area contributed by atoms with Crippen molar-refractivity contribution in [2.75, 3.05) is 20.8 Å². The molecule has 24 heavy (non-hydrogen) atoms. The van der Waals surface area contributed by atoms with Gasteiger partial charge in [-0.25, -0.2) is 9.59 Å². The lowest BCUT2D eigenvalue weighted by Gasteiger charge is -2.38. The molecule has 0 radical (unpaired) electrons. The van der Waals surface area contributed by atoms with Gasteiger partial charge in [0.2, 0.25) is 0 Å². The van der Waals surface area contributed by atoms with E-state index in [9.17, 15) is 9.59 Å². The molecule has 2 aliphatic rings. The normalized spacial score (nSPS) is 23.0. The van der Waals surface area contributed by atoms with E-state index in [1.165, 1.54) is 14.2 Å². The Hall–Kier alpha value is -2.30. The number of nitrogens with zero attached hydrogens (tertiary/aromatic N) is 1. The SMILES string of the molecule is COC(=O)C1=C(C(=O)OC)N(Cc2ccccc2)C[C@@H]2CCC[C@H]12. The molecular weight excluding hydrogens is 306 g/mol. The molecule has 1 aliphatic carbocycles. The molecule has 3 rings (SSSR count). The Morgan fingerprint density at radius 2 is 1.79 bits per heavy atom. The molecule has 5 nitrogen and oxygen atoms in total. The number of hydrogen-bond donors (Lipinski definition) is 0. The molecule has 0 saturated heterocycles. The van der Waals surface area contributed by atoms with E-state index in [0.717, 1.165) is 31.4 Å². The van der Waals surface area contributed by atoms with E-state index in [4.69, 9.17) is 9.47 Å². The maximum atomic E-state index is 12.5. The van der Waals surface area contributed by atoms with E-state index in [1.54, 1.807) is 0 Å². The van der Waals surface area contributed by atoms with Gasteiger partial charge in [0.05, 0.1) is 19.8 Å². The number of hydrogen-bond acceptors (Lipinski definition) is 5. The zero-order chi connectivity index (χ0) is 17.1. The summed E-state index contributed by atoms with van der Waals surface area (Å²) in [6, 6.07) is 9.95. The number of carbonyl (C=O) groups excluding carboxylic acids is 2. The lowest BCUT2D eigenvalue weighted by atomic mass is 9.83. The summed E-state index contributed by atoms with van der Waals surface area (Å²) in [7, 11) is 2.72. The van der Waals surface area contributed by atoms with Crippen LogP contribution in [0.15, 0.2) is 41.6 Å². The van der Waals surface area contributed by atoms with Crippen molar-refractivity contribution in [3.05, 3.63) is 47.2 Å². The topological polar surface area (TPSA) is 55.8 Å². The van der Waals surface area contributed by atoms with Gasteiger partial charge < -0.3 is 14.4 Å². The highest BCUT2D eigenvalue weighted by atomic mass is 16.5. The summed E-state index contributed by atoms with van der Waals surface area (Å²) in [5.74, 6) is -0.392. The molecule has 0 unspecified atom stereocenters. The second-order valence-electron chi connectivity index (χ2n) is 6.41. The highest BCUT2D eigenvalue weighted by Gasteiger charge is 2.44. The van der Waals surface area contributed by atoms with E-state index in [2.05, 4.69) is 0 Å². The molecule has 1 fully saturated rings. The number of rotatable bonds is 4. The van der Waals surface area contributed by atoms with Gasteiger partial charge in [-0.05, 0) is 30.2 Å². The lowest BCUT2D eigenvalue weighted by molar-refractivity contribution is -0.142. The highest BCUT2D eigenvalue weighted by Crippen LogP contribution is 2.43. The number of fused-ring (bicyclic) bond motifs is 1. The molecule has 0 bridgehead atoms. The quantitative estimate of drug-likeness (QED) is 0.795. The van der Waals surface area contributed by atoms with Gasteiger partial charge in [-0.2, -0.15) is 0 Å². The summed E-state index contributed by atoms with van der Waals surface area (Å²) < 4.78 is 9.97. The largest absolute Gasteiger partial charge is 0.466 e. The Morgan fingerprint density at radius 1 is 1.08 bits per heavy atom. The minimum absolute atomic E-state index is 0.0959. The predicted octanol–water partition coefficient (Wildman–Crippen LogP) is 2.52. The third-order valence-corrected chi connectivity index (χ3v) is 5.06. The van der Waals surface area contributed by atoms with Crippen LogP contribution in [0.3, 0.4) is 0 Å². The van der Waals surface area contributed by atoms with Gasteiger partial charge >= 0.3 is 11.9 Å². The molecule has 1 aromatic rings. The van der Waals surface area contributed by atoms with Crippen molar-refractivity contribution >= 4 is 11.9 Å². The van der Waals surface area contributed by atoms with Crippen LogP contribution in [-0.2, 0) is 25.6 Å². The first-order chi connectivity index (χ1) is 11.7. The molecule has 1 heterocycles. The van der Waals surface area contributed by atoms with E-state index >= 15 is 0 Å². The van der Waals surface area contributed by atoms with Crippen molar-refractivity contribution in [2.24, 2.45) is 11.8 Å². The van der Waals surface area contributed by atoms with Crippen LogP contribution in [0, 0.1) is 11.8 Å². The Kier molecular flexibility index (Phi) is 4.88. The van der Waals surface area contributed by atoms with Crippen LogP contribution in [0.2, 0.25) is 0 Å². The monoisotopic (exact) mass is 329 g/mol. The number of ether oxygens (including phenoxy) is 2. The van der Waals surface area contributed by atoms with Crippen LogP contribution >= 0.6 is 0 Å². The molecule has 1 aliphatic heterocycles. The first kappa shape index (κ1) is 16.6. The maximum Gasteiger partial charge on any atom is 0.354 e. The minimum atomic E-state index is -0.461. The van der Waals surface area contributed by atoms with Crippen LogP contribution in [0.25, 0.3) is 0 Å². The second kappa shape index (κ2) is 7.07. The van der Waals surface area contributed by atoms with Gasteiger partial charge in [-0.3, -0.25) is 0 Å². The molecular formula is C19H23NO4. The summed E-state index contributed by atoms with van der Waals surface area (Å²) in [4.78, 5) is 26.9. The number of methoxy groups -OCH3 is 2. The summed E-state index contributed by atoms with van der Waals surface area (Å²) in [5, 5.41) is 0. The van der Waals surface area contributed by atoms with Gasteiger partial charge in [-0.1, -0.05) is 36.8 Å². The van der Waals surface area contributed by atoms with Crippen LogP contribution in [0.4, 0.5) is 0 Å². The molecule has 0 aromatic heterocycles. The first-order valence-electron chi connectivity index (χ1n) is 8.35. The third kappa shape index (κ3) is 3.03. The van der Waals surface area contributed by atoms with Crippen molar-refractivity contribution < 1.29 is 19.1 Å². The van der Waals surface area contributed by atoms with E-state index in [0.29, 0.717) is 23.7 Å². The van der Waals surface area contributed by atoms with Crippen molar-refractivity contribution in [3.63, 3.8) is 0 Å². The summed E-state index contributed by atoms with van der Waals surface area (Å²) in [6.45, 7) is 1.35. The predicted molar refractivity (Wildman–Crippen MR) is 88.7 cm³/mol. The Labute approximate surface area is 142 Å². The fourth-order valence-corrected chi connectivity index (χ4v) is 4.00. The van der Waals surface area contributed by atoms with Gasteiger partial charge in [-0.15, -0.1) is 0 Å². The Morgan fingerprint density at radius 3 is 2.46 bits per heavy atom. The second-order valence-corrected chi connectivity index (χ2v) is 6.41. The fraction of sp³-hybridized carbons (Fsp3) is 0.474. The van der Waals surface area contributed by atoms with Crippen LogP contribution in [0.5, 0.6) is 0 Å². The summed E-state index contributed by atoms with van der Waals surface area (Å²) in [5.41, 5.74) is 1.96. The van der Waals surface area contributed by atoms with E-state index in [1.807, 2.05) is 35.2 Å². The average molecular weight is 329 g/mol. The zero-order valence-corrected chi connectivity index (χ0v) is 14.2. The third-order valence-electron chi connectivity index (χ3n) is 5.06. The number of carbonyl (C=O) groups is 2. The maximum absolute atomic E-state index is 12.5. The highest BCUT2D eigenvalue weighted by molar-refractivity contribution is 6.00. The smallest absolute Gasteiger partial charge is 0.354 e. The molecule has 1 aromatic carbocycles. The Bertz CT molecular complexity index is 653. The van der Waals surface area contributed by atoms with Crippen molar-refractivity contribution in [1.82, 2.24) is 4.90 Å². The summed E-state index contributed by atoms with van der Waals surface area (Å²) in [6.07, 6.45) is 3.07. The van der Waals surface area contributed by atoms with E-state index < -0.39 is 11.9 Å². The molecule has 2 atom stereocenters. The van der Waals surface area contributed by atoms with Gasteiger partial charge in [0.25, 0.3) is 0 Å². The number of esters is 2. The minimum Gasteiger partial charge on any atom is -0.466 e. The van der Waals surface area contributed by atoms with Crippen molar-refractivity contribution in [3.8, 4) is 0 Å². The number of benzene rings is 1. The Balaban J connectivity index is 2.03. The van der Waals surface area contributed by atoms with Crippen LogP contribution in [-0.4, -0.2) is 37.6 Å². The average Bonchev–Trinajstić information content (AvgIpc) is 3.08. The first-order valence-corrected chi connectivity index (χ1v) is 8.35. The molecule has 128 valence electrons. The van der Waals surface area contributed by atoms with Gasteiger partial charge in [0.15, 0.2) is 0 Å². The lowest BCUT2D eigenvalue weighted by Crippen LogP contribution is -2.42. The molecule has 0 amide bonds. The molecule has 0 N–H and O–H groups in total. The summed E-state index contributed by atoms with van der Waals surface area (Å²) >= 11 is 0. The molecule has 0 spiro atoms. The van der Waals surface area contributed by atoms with Gasteiger partial charge in [0.1, 0.15) is 5.70 Å².